The van der Waals surface area contributed by atoms with E-state index in [4.69, 9.17) is 13.9 Å². The summed E-state index contributed by atoms with van der Waals surface area (Å²) in [4.78, 5) is 52.7. The standard InChI is InChI=1S/C25H29N5O7/c1-5-35-20(31)13-26-22(32)18-11-17(29-30-18)15-8-7-9-16(10-15)24-27-12-19(37-24)23(33)28-21(14(3)4)25(34)36-6-2/h7-12,14,21H,5-6,13H2,1-4H3,(H,26,32)(H,28,33)(H,29,30). The van der Waals surface area contributed by atoms with Gasteiger partial charge in [0, 0.05) is 11.1 Å². The first-order valence-corrected chi connectivity index (χ1v) is 11.8. The van der Waals surface area contributed by atoms with Gasteiger partial charge in [0.15, 0.2) is 5.69 Å². The Morgan fingerprint density at radius 1 is 1.03 bits per heavy atom. The van der Waals surface area contributed by atoms with Gasteiger partial charge < -0.3 is 24.5 Å². The molecule has 2 amide bonds. The van der Waals surface area contributed by atoms with Crippen LogP contribution in [0.15, 0.2) is 40.9 Å². The van der Waals surface area contributed by atoms with Crippen molar-refractivity contribution < 1.29 is 33.1 Å². The van der Waals surface area contributed by atoms with E-state index in [1.165, 1.54) is 12.3 Å². The molecule has 2 aromatic heterocycles. The topological polar surface area (TPSA) is 166 Å². The molecular weight excluding hydrogens is 482 g/mol. The minimum Gasteiger partial charge on any atom is -0.465 e. The van der Waals surface area contributed by atoms with Crippen LogP contribution in [-0.4, -0.2) is 64.7 Å². The van der Waals surface area contributed by atoms with Gasteiger partial charge in [-0.15, -0.1) is 0 Å². The largest absolute Gasteiger partial charge is 0.465 e. The van der Waals surface area contributed by atoms with E-state index in [0.717, 1.165) is 0 Å². The first-order chi connectivity index (χ1) is 17.7. The summed E-state index contributed by atoms with van der Waals surface area (Å²) < 4.78 is 15.5. The summed E-state index contributed by atoms with van der Waals surface area (Å²) in [6.07, 6.45) is 1.28. The first kappa shape index (κ1) is 27.1. The number of benzene rings is 1. The van der Waals surface area contributed by atoms with Crippen LogP contribution in [0.1, 0.15) is 48.7 Å². The van der Waals surface area contributed by atoms with Gasteiger partial charge in [-0.05, 0) is 38.0 Å². The number of carbonyl (C=O) groups excluding carboxylic acids is 4. The molecule has 1 aromatic carbocycles. The molecule has 196 valence electrons. The molecule has 0 fully saturated rings. The fraction of sp³-hybridized carbons (Fsp3) is 0.360. The van der Waals surface area contributed by atoms with E-state index in [1.807, 2.05) is 0 Å². The van der Waals surface area contributed by atoms with E-state index < -0.39 is 29.8 Å². The van der Waals surface area contributed by atoms with Crippen molar-refractivity contribution in [2.24, 2.45) is 5.92 Å². The maximum atomic E-state index is 12.7. The number of oxazole rings is 1. The zero-order valence-corrected chi connectivity index (χ0v) is 21.0. The molecule has 0 aliphatic rings. The van der Waals surface area contributed by atoms with E-state index >= 15 is 0 Å². The number of esters is 2. The third-order valence-electron chi connectivity index (χ3n) is 5.15. The van der Waals surface area contributed by atoms with Crippen molar-refractivity contribution in [1.29, 1.82) is 0 Å². The molecule has 3 N–H and O–H groups in total. The van der Waals surface area contributed by atoms with Crippen molar-refractivity contribution >= 4 is 23.8 Å². The lowest BCUT2D eigenvalue weighted by Gasteiger charge is -2.19. The Balaban J connectivity index is 1.71. The van der Waals surface area contributed by atoms with Crippen LogP contribution in [0.4, 0.5) is 0 Å². The number of hydrogen-bond donors (Lipinski definition) is 3. The SMILES string of the molecule is CCOC(=O)CNC(=O)c1cc(-c2cccc(-c3ncc(C(=O)NC(C(=O)OCC)C(C)C)o3)c2)[nH]n1. The van der Waals surface area contributed by atoms with Crippen LogP contribution in [0.25, 0.3) is 22.7 Å². The Hall–Kier alpha value is -4.48. The molecule has 0 aliphatic heterocycles. The molecule has 0 spiro atoms. The van der Waals surface area contributed by atoms with E-state index in [9.17, 15) is 19.2 Å². The van der Waals surface area contributed by atoms with Crippen LogP contribution in [0, 0.1) is 5.92 Å². The quantitative estimate of drug-likeness (QED) is 0.328. The summed E-state index contributed by atoms with van der Waals surface area (Å²) >= 11 is 0. The molecule has 2 heterocycles. The number of amides is 2. The second-order valence-corrected chi connectivity index (χ2v) is 8.21. The number of aromatic nitrogens is 3. The summed E-state index contributed by atoms with van der Waals surface area (Å²) in [5.41, 5.74) is 1.90. The number of ether oxygens (including phenoxy) is 2. The smallest absolute Gasteiger partial charge is 0.328 e. The predicted molar refractivity (Wildman–Crippen MR) is 131 cm³/mol. The van der Waals surface area contributed by atoms with Crippen molar-refractivity contribution in [1.82, 2.24) is 25.8 Å². The van der Waals surface area contributed by atoms with Crippen LogP contribution in [0.3, 0.4) is 0 Å². The fourth-order valence-corrected chi connectivity index (χ4v) is 3.32. The minimum absolute atomic E-state index is 0.0579. The summed E-state index contributed by atoms with van der Waals surface area (Å²) in [5, 5.41) is 11.9. The average molecular weight is 512 g/mol. The molecule has 12 nitrogen and oxygen atoms in total. The van der Waals surface area contributed by atoms with Gasteiger partial charge in [-0.3, -0.25) is 19.5 Å². The highest BCUT2D eigenvalue weighted by Crippen LogP contribution is 2.25. The van der Waals surface area contributed by atoms with Crippen LogP contribution in [0.5, 0.6) is 0 Å². The number of H-pyrrole nitrogens is 1. The lowest BCUT2D eigenvalue weighted by atomic mass is 10.0. The molecule has 3 rings (SSSR count). The maximum Gasteiger partial charge on any atom is 0.328 e. The number of nitrogens with zero attached hydrogens (tertiary/aromatic N) is 2. The van der Waals surface area contributed by atoms with Gasteiger partial charge in [-0.2, -0.15) is 5.10 Å². The summed E-state index contributed by atoms with van der Waals surface area (Å²) in [6, 6.07) is 7.75. The number of rotatable bonds is 11. The van der Waals surface area contributed by atoms with Crippen molar-refractivity contribution in [2.75, 3.05) is 19.8 Å². The van der Waals surface area contributed by atoms with Crippen LogP contribution < -0.4 is 10.6 Å². The molecule has 0 aliphatic carbocycles. The Morgan fingerprint density at radius 3 is 2.46 bits per heavy atom. The van der Waals surface area contributed by atoms with Gasteiger partial charge in [0.25, 0.3) is 11.8 Å². The Labute approximate surface area is 213 Å². The molecule has 0 bridgehead atoms. The monoisotopic (exact) mass is 511 g/mol. The van der Waals surface area contributed by atoms with Gasteiger partial charge in [0.05, 0.1) is 25.1 Å². The maximum absolute atomic E-state index is 12.7. The third kappa shape index (κ3) is 7.03. The van der Waals surface area contributed by atoms with Crippen molar-refractivity contribution in [3.8, 4) is 22.7 Å². The molecule has 0 saturated carbocycles. The van der Waals surface area contributed by atoms with Gasteiger partial charge in [0.2, 0.25) is 11.7 Å². The molecular formula is C25H29N5O7. The highest BCUT2D eigenvalue weighted by Gasteiger charge is 2.27. The number of carbonyl (C=O) groups is 4. The van der Waals surface area contributed by atoms with Crippen LogP contribution >= 0.6 is 0 Å². The minimum atomic E-state index is -0.826. The highest BCUT2D eigenvalue weighted by molar-refractivity contribution is 5.95. The van der Waals surface area contributed by atoms with Gasteiger partial charge in [0.1, 0.15) is 12.6 Å². The molecule has 0 radical (unpaired) electrons. The molecule has 3 aromatic rings. The van der Waals surface area contributed by atoms with Crippen molar-refractivity contribution in [2.45, 2.75) is 33.7 Å². The molecule has 12 heteroatoms. The van der Waals surface area contributed by atoms with Gasteiger partial charge >= 0.3 is 11.9 Å². The lowest BCUT2D eigenvalue weighted by molar-refractivity contribution is -0.146. The van der Waals surface area contributed by atoms with Crippen LogP contribution in [-0.2, 0) is 19.1 Å². The van der Waals surface area contributed by atoms with Crippen molar-refractivity contribution in [3.05, 3.63) is 48.0 Å². The van der Waals surface area contributed by atoms with E-state index in [-0.39, 0.29) is 43.0 Å². The number of aromatic amines is 1. The predicted octanol–water partition coefficient (Wildman–Crippen LogP) is 2.34. The number of hydrogen-bond acceptors (Lipinski definition) is 9. The molecule has 1 atom stereocenters. The Kier molecular flexibility index (Phi) is 9.14. The average Bonchev–Trinajstić information content (AvgIpc) is 3.57. The normalized spacial score (nSPS) is 11.6. The second-order valence-electron chi connectivity index (χ2n) is 8.21. The third-order valence-corrected chi connectivity index (χ3v) is 5.15. The zero-order valence-electron chi connectivity index (χ0n) is 21.0. The Bertz CT molecular complexity index is 1260. The van der Waals surface area contributed by atoms with Crippen molar-refractivity contribution in [3.63, 3.8) is 0 Å². The Morgan fingerprint density at radius 2 is 1.76 bits per heavy atom. The zero-order chi connectivity index (χ0) is 26.9. The molecule has 0 saturated heterocycles. The van der Waals surface area contributed by atoms with E-state index in [2.05, 4.69) is 25.8 Å². The lowest BCUT2D eigenvalue weighted by Crippen LogP contribution is -2.45. The van der Waals surface area contributed by atoms with Gasteiger partial charge in [-0.25, -0.2) is 9.78 Å². The summed E-state index contributed by atoms with van der Waals surface area (Å²) in [6.45, 7) is 7.13. The number of nitrogens with one attached hydrogen (secondary N) is 3. The fourth-order valence-electron chi connectivity index (χ4n) is 3.32. The molecule has 1 unspecified atom stereocenters. The van der Waals surface area contributed by atoms with E-state index in [0.29, 0.717) is 16.8 Å². The summed E-state index contributed by atoms with van der Waals surface area (Å²) in [7, 11) is 0. The van der Waals surface area contributed by atoms with Gasteiger partial charge in [-0.1, -0.05) is 26.0 Å². The molecule has 37 heavy (non-hydrogen) atoms. The first-order valence-electron chi connectivity index (χ1n) is 11.8. The summed E-state index contributed by atoms with van der Waals surface area (Å²) in [5.74, 6) is -2.24. The highest BCUT2D eigenvalue weighted by atomic mass is 16.5. The van der Waals surface area contributed by atoms with Crippen LogP contribution in [0.2, 0.25) is 0 Å². The van der Waals surface area contributed by atoms with E-state index in [1.54, 1.807) is 52.0 Å². The second kappa shape index (κ2) is 12.5.